The van der Waals surface area contributed by atoms with Gasteiger partial charge in [0.2, 0.25) is 5.76 Å². The van der Waals surface area contributed by atoms with Crippen LogP contribution in [0, 0.1) is 0 Å². The van der Waals surface area contributed by atoms with Gasteiger partial charge in [-0.1, -0.05) is 48.5 Å². The number of carbonyl (C=O) groups excluding carboxylic acids is 1. The molecule has 0 saturated carbocycles. The van der Waals surface area contributed by atoms with E-state index in [0.29, 0.717) is 39.8 Å². The van der Waals surface area contributed by atoms with E-state index < -0.39 is 11.9 Å². The summed E-state index contributed by atoms with van der Waals surface area (Å²) in [4.78, 5) is 33.1. The zero-order valence-electron chi connectivity index (χ0n) is 19.2. The minimum atomic E-state index is -0.725. The van der Waals surface area contributed by atoms with Gasteiger partial charge >= 0.3 is 0 Å². The van der Waals surface area contributed by atoms with Gasteiger partial charge in [0, 0.05) is 11.6 Å². The Labute approximate surface area is 210 Å². The lowest BCUT2D eigenvalue weighted by Crippen LogP contribution is -2.29. The van der Waals surface area contributed by atoms with Gasteiger partial charge < -0.3 is 13.9 Å². The first kappa shape index (κ1) is 22.1. The lowest BCUT2D eigenvalue weighted by Gasteiger charge is -2.23. The summed E-state index contributed by atoms with van der Waals surface area (Å²) >= 11 is 1.32. The van der Waals surface area contributed by atoms with Crippen LogP contribution >= 0.6 is 11.3 Å². The lowest BCUT2D eigenvalue weighted by molar-refractivity contribution is 0.0971. The van der Waals surface area contributed by atoms with Crippen molar-refractivity contribution in [2.24, 2.45) is 0 Å². The van der Waals surface area contributed by atoms with E-state index in [-0.39, 0.29) is 16.8 Å². The molecule has 0 aliphatic carbocycles. The van der Waals surface area contributed by atoms with Crippen LogP contribution in [0.1, 0.15) is 33.3 Å². The highest BCUT2D eigenvalue weighted by Crippen LogP contribution is 2.43. The Morgan fingerprint density at radius 3 is 2.58 bits per heavy atom. The van der Waals surface area contributed by atoms with E-state index in [1.165, 1.54) is 16.2 Å². The molecule has 6 rings (SSSR count). The molecule has 2 aromatic heterocycles. The average molecular weight is 497 g/mol. The molecular weight excluding hydrogens is 476 g/mol. The van der Waals surface area contributed by atoms with E-state index in [9.17, 15) is 9.59 Å². The normalized spacial score (nSPS) is 14.8. The summed E-state index contributed by atoms with van der Waals surface area (Å²) in [5.41, 5.74) is 2.13. The zero-order chi connectivity index (χ0) is 24.6. The number of methoxy groups -OCH3 is 1. The van der Waals surface area contributed by atoms with Crippen LogP contribution < -0.4 is 19.8 Å². The lowest BCUT2D eigenvalue weighted by atomic mass is 9.98. The molecule has 1 aliphatic rings. The fourth-order valence-corrected chi connectivity index (χ4v) is 5.14. The van der Waals surface area contributed by atoms with E-state index in [1.54, 1.807) is 55.1 Å². The molecule has 0 N–H and O–H groups in total. The fourth-order valence-electron chi connectivity index (χ4n) is 4.48. The Balaban J connectivity index is 1.47. The number of aromatic nitrogens is 1. The summed E-state index contributed by atoms with van der Waals surface area (Å²) in [6.07, 6.45) is 1.63. The van der Waals surface area contributed by atoms with Crippen molar-refractivity contribution in [3.63, 3.8) is 0 Å². The van der Waals surface area contributed by atoms with Gasteiger partial charge in [-0.05, 0) is 35.4 Å². The molecule has 7 nitrogen and oxygen atoms in total. The van der Waals surface area contributed by atoms with Gasteiger partial charge in [-0.25, -0.2) is 4.98 Å². The van der Waals surface area contributed by atoms with Crippen molar-refractivity contribution in [2.45, 2.75) is 12.6 Å². The molecule has 8 heteroatoms. The Kier molecular flexibility index (Phi) is 5.50. The number of rotatable bonds is 6. The molecule has 0 radical (unpaired) electrons. The zero-order valence-corrected chi connectivity index (χ0v) is 20.0. The number of hydrogen-bond donors (Lipinski definition) is 0. The Hall–Kier alpha value is -4.43. The largest absolute Gasteiger partial charge is 0.493 e. The number of carbonyl (C=O) groups is 1. The second kappa shape index (κ2) is 8.98. The maximum absolute atomic E-state index is 13.6. The van der Waals surface area contributed by atoms with Crippen molar-refractivity contribution < 1.29 is 18.7 Å². The number of hydrogen-bond acceptors (Lipinski definition) is 7. The molecule has 1 aliphatic heterocycles. The third-order valence-corrected chi connectivity index (χ3v) is 6.91. The topological polar surface area (TPSA) is 81.9 Å². The van der Waals surface area contributed by atoms with Gasteiger partial charge in [0.15, 0.2) is 22.1 Å². The maximum Gasteiger partial charge on any atom is 0.297 e. The molecule has 0 unspecified atom stereocenters. The van der Waals surface area contributed by atoms with Gasteiger partial charge in [-0.2, -0.15) is 0 Å². The number of amides is 1. The molecule has 3 aromatic carbocycles. The molecule has 1 amide bonds. The number of anilines is 1. The number of thiazole rings is 1. The van der Waals surface area contributed by atoms with Crippen LogP contribution in [-0.2, 0) is 6.61 Å². The molecule has 0 bridgehead atoms. The number of para-hydroxylation sites is 1. The first-order valence-corrected chi connectivity index (χ1v) is 12.2. The molecular formula is C28H20N2O5S. The quantitative estimate of drug-likeness (QED) is 0.305. The summed E-state index contributed by atoms with van der Waals surface area (Å²) in [6.45, 7) is 0.377. The number of fused-ring (bicyclic) bond motifs is 2. The van der Waals surface area contributed by atoms with Gasteiger partial charge in [-0.3, -0.25) is 14.5 Å². The van der Waals surface area contributed by atoms with Crippen molar-refractivity contribution >= 4 is 33.3 Å². The second-order valence-corrected chi connectivity index (χ2v) is 9.12. The van der Waals surface area contributed by atoms with Gasteiger partial charge in [0.25, 0.3) is 5.91 Å². The molecule has 0 fully saturated rings. The summed E-state index contributed by atoms with van der Waals surface area (Å²) in [7, 11) is 1.56. The standard InChI is InChI=1S/C28H20N2O5S/c1-33-22-15-18(11-12-21(22)34-16-17-7-3-2-4-8-17)24-23-25(31)19-9-5-6-10-20(19)35-26(23)27(32)30(24)28-29-13-14-36-28/h2-15,24H,16H2,1H3/t24-/m0/s1. The van der Waals surface area contributed by atoms with Crippen LogP contribution in [0.3, 0.4) is 0 Å². The van der Waals surface area contributed by atoms with Crippen molar-refractivity contribution in [1.29, 1.82) is 0 Å². The molecule has 0 spiro atoms. The third kappa shape index (κ3) is 3.63. The SMILES string of the molecule is COc1cc([C@H]2c3c(oc4ccccc4c3=O)C(=O)N2c2nccs2)ccc1OCc1ccccc1. The minimum Gasteiger partial charge on any atom is -0.493 e. The van der Waals surface area contributed by atoms with Crippen LogP contribution in [0.2, 0.25) is 0 Å². The Bertz CT molecular complexity index is 1630. The molecule has 3 heterocycles. The first-order chi connectivity index (χ1) is 17.7. The Morgan fingerprint density at radius 1 is 1.00 bits per heavy atom. The van der Waals surface area contributed by atoms with E-state index in [2.05, 4.69) is 4.98 Å². The van der Waals surface area contributed by atoms with Crippen LogP contribution in [-0.4, -0.2) is 18.0 Å². The highest BCUT2D eigenvalue weighted by atomic mass is 32.1. The molecule has 0 saturated heterocycles. The van der Waals surface area contributed by atoms with Gasteiger partial charge in [0.05, 0.1) is 24.1 Å². The smallest absolute Gasteiger partial charge is 0.297 e. The van der Waals surface area contributed by atoms with Crippen molar-refractivity contribution in [3.05, 3.63) is 117 Å². The van der Waals surface area contributed by atoms with Crippen molar-refractivity contribution in [3.8, 4) is 11.5 Å². The predicted octanol–water partition coefficient (Wildman–Crippen LogP) is 5.59. The van der Waals surface area contributed by atoms with Gasteiger partial charge in [0.1, 0.15) is 12.2 Å². The van der Waals surface area contributed by atoms with Crippen molar-refractivity contribution in [1.82, 2.24) is 4.98 Å². The summed E-state index contributed by atoms with van der Waals surface area (Å²) < 4.78 is 17.6. The predicted molar refractivity (Wildman–Crippen MR) is 137 cm³/mol. The maximum atomic E-state index is 13.6. The first-order valence-electron chi connectivity index (χ1n) is 11.3. The molecule has 178 valence electrons. The minimum absolute atomic E-state index is 0.0299. The highest BCUT2D eigenvalue weighted by molar-refractivity contribution is 7.13. The third-order valence-electron chi connectivity index (χ3n) is 6.14. The average Bonchev–Trinajstić information content (AvgIpc) is 3.55. The van der Waals surface area contributed by atoms with Crippen molar-refractivity contribution in [2.75, 3.05) is 12.0 Å². The number of ether oxygens (including phenoxy) is 2. The Morgan fingerprint density at radius 2 is 1.81 bits per heavy atom. The van der Waals surface area contributed by atoms with Crippen LogP contribution in [0.25, 0.3) is 11.0 Å². The highest BCUT2D eigenvalue weighted by Gasteiger charge is 2.45. The molecule has 1 atom stereocenters. The van der Waals surface area contributed by atoms with E-state index in [0.717, 1.165) is 5.56 Å². The second-order valence-electron chi connectivity index (χ2n) is 8.25. The summed E-state index contributed by atoms with van der Waals surface area (Å²) in [6, 6.07) is 21.5. The van der Waals surface area contributed by atoms with E-state index >= 15 is 0 Å². The number of benzene rings is 3. The monoisotopic (exact) mass is 496 g/mol. The molecule has 36 heavy (non-hydrogen) atoms. The van der Waals surface area contributed by atoms with Crippen LogP contribution in [0.15, 0.2) is 93.6 Å². The fraction of sp³-hybridized carbons (Fsp3) is 0.107. The molecule has 5 aromatic rings. The van der Waals surface area contributed by atoms with Crippen LogP contribution in [0.4, 0.5) is 5.13 Å². The summed E-state index contributed by atoms with van der Waals surface area (Å²) in [5, 5.41) is 2.68. The van der Waals surface area contributed by atoms with Gasteiger partial charge in [-0.15, -0.1) is 11.3 Å². The number of nitrogens with zero attached hydrogens (tertiary/aromatic N) is 2. The van der Waals surface area contributed by atoms with E-state index in [4.69, 9.17) is 13.9 Å². The van der Waals surface area contributed by atoms with Crippen LogP contribution in [0.5, 0.6) is 11.5 Å². The summed E-state index contributed by atoms with van der Waals surface area (Å²) in [5.74, 6) is 0.674. The van der Waals surface area contributed by atoms with E-state index in [1.807, 2.05) is 36.4 Å².